The van der Waals surface area contributed by atoms with Gasteiger partial charge < -0.3 is 35.3 Å². The van der Waals surface area contributed by atoms with Gasteiger partial charge >= 0.3 is 6.09 Å². The van der Waals surface area contributed by atoms with Crippen molar-refractivity contribution < 1.29 is 28.1 Å². The molecule has 234 valence electrons. The first-order chi connectivity index (χ1) is 21.5. The number of aromatic nitrogens is 2. The highest BCUT2D eigenvalue weighted by molar-refractivity contribution is 7.22. The molecular formula is C33H34FN5O5S. The van der Waals surface area contributed by atoms with Gasteiger partial charge in [0.2, 0.25) is 0 Å². The molecule has 1 amide bonds. The molecule has 12 heteroatoms. The van der Waals surface area contributed by atoms with E-state index in [1.807, 2.05) is 39.0 Å². The molecular weight excluding hydrogens is 597 g/mol. The number of rotatable bonds is 10. The molecule has 2 aromatic carbocycles. The van der Waals surface area contributed by atoms with E-state index >= 15 is 0 Å². The van der Waals surface area contributed by atoms with Crippen LogP contribution >= 0.6 is 11.3 Å². The van der Waals surface area contributed by atoms with Crippen molar-refractivity contribution in [1.82, 2.24) is 14.9 Å². The van der Waals surface area contributed by atoms with E-state index in [4.69, 9.17) is 30.4 Å². The Morgan fingerprint density at radius 3 is 2.33 bits per heavy atom. The third-order valence-electron chi connectivity index (χ3n) is 6.41. The molecule has 0 bridgehead atoms. The number of carbonyl (C=O) groups excluding carboxylic acids is 1. The number of methoxy groups -OCH3 is 1. The average molecular weight is 632 g/mol. The summed E-state index contributed by atoms with van der Waals surface area (Å²) in [4.78, 5) is 24.4. The van der Waals surface area contributed by atoms with Crippen LogP contribution in [0.3, 0.4) is 0 Å². The number of carbonyl (C=O) groups is 1. The molecule has 0 aliphatic rings. The Labute approximate surface area is 264 Å². The smallest absolute Gasteiger partial charge is 0.410 e. The maximum atomic E-state index is 14.5. The van der Waals surface area contributed by atoms with Crippen LogP contribution in [0.2, 0.25) is 0 Å². The maximum absolute atomic E-state index is 14.5. The van der Waals surface area contributed by atoms with Crippen molar-refractivity contribution in [2.75, 3.05) is 31.7 Å². The summed E-state index contributed by atoms with van der Waals surface area (Å²) < 4.78 is 38.1. The van der Waals surface area contributed by atoms with E-state index in [2.05, 4.69) is 9.97 Å². The van der Waals surface area contributed by atoms with Crippen LogP contribution in [-0.2, 0) is 16.0 Å². The van der Waals surface area contributed by atoms with Gasteiger partial charge in [-0.05, 0) is 62.7 Å². The summed E-state index contributed by atoms with van der Waals surface area (Å²) in [5.41, 5.74) is 14.1. The zero-order valence-electron chi connectivity index (χ0n) is 25.4. The zero-order chi connectivity index (χ0) is 32.1. The van der Waals surface area contributed by atoms with Crippen molar-refractivity contribution in [2.45, 2.75) is 32.9 Å². The molecule has 10 nitrogen and oxygen atoms in total. The highest BCUT2D eigenvalue weighted by atomic mass is 32.1. The van der Waals surface area contributed by atoms with Crippen LogP contribution < -0.4 is 20.9 Å². The third-order valence-corrected chi connectivity index (χ3v) is 7.57. The van der Waals surface area contributed by atoms with Crippen LogP contribution in [0.5, 0.6) is 23.0 Å². The molecule has 5 rings (SSSR count). The molecule has 0 saturated carbocycles. The Bertz CT molecular complexity index is 1810. The lowest BCUT2D eigenvalue weighted by Gasteiger charge is -2.27. The number of hydrogen-bond acceptors (Lipinski definition) is 10. The number of nitrogen functional groups attached to an aromatic ring is 2. The highest BCUT2D eigenvalue weighted by Crippen LogP contribution is 2.42. The number of anilines is 2. The Hall–Kier alpha value is -4.94. The number of ether oxygens (including phenoxy) is 4. The summed E-state index contributed by atoms with van der Waals surface area (Å²) in [6, 6.07) is 16.6. The molecule has 3 heterocycles. The summed E-state index contributed by atoms with van der Waals surface area (Å²) in [7, 11) is 1.59. The fraction of sp³-hybridized carbons (Fsp3) is 0.242. The Morgan fingerprint density at radius 1 is 0.911 bits per heavy atom. The number of thiophene rings is 1. The minimum atomic E-state index is -0.612. The number of pyridine rings is 2. The van der Waals surface area contributed by atoms with Crippen molar-refractivity contribution in [3.63, 3.8) is 0 Å². The first-order valence-corrected chi connectivity index (χ1v) is 14.9. The van der Waals surface area contributed by atoms with Gasteiger partial charge in [0, 0.05) is 55.6 Å². The van der Waals surface area contributed by atoms with E-state index in [1.54, 1.807) is 54.7 Å². The monoisotopic (exact) mass is 631 g/mol. The van der Waals surface area contributed by atoms with Gasteiger partial charge in [0.05, 0.1) is 33.9 Å². The predicted molar refractivity (Wildman–Crippen MR) is 173 cm³/mol. The summed E-state index contributed by atoms with van der Waals surface area (Å²) in [6.07, 6.45) is 2.97. The molecule has 3 aromatic heterocycles. The molecule has 0 radical (unpaired) electrons. The standard InChI is InChI=1S/C33H34FN5O5S/c1-33(2,3)44-32(40)39(13-14-41-4)19-20-5-8-24(38-18-20)30-17-25-31(45-30)28(11-12-37-25)43-27-10-7-22(36)16-29(27)42-26-9-6-21(35)15-23(26)34/h5-12,15-18H,13-14,19,35-36H2,1-4H3. The van der Waals surface area contributed by atoms with Crippen molar-refractivity contribution in [3.8, 4) is 33.6 Å². The fourth-order valence-corrected chi connectivity index (χ4v) is 5.34. The largest absolute Gasteiger partial charge is 0.452 e. The van der Waals surface area contributed by atoms with Gasteiger partial charge in [-0.25, -0.2) is 9.18 Å². The van der Waals surface area contributed by atoms with Gasteiger partial charge in [0.1, 0.15) is 11.4 Å². The third kappa shape index (κ3) is 7.97. The lowest BCUT2D eigenvalue weighted by atomic mass is 10.2. The van der Waals surface area contributed by atoms with Crippen molar-refractivity contribution in [1.29, 1.82) is 0 Å². The molecule has 0 atom stereocenters. The number of hydrogen-bond donors (Lipinski definition) is 2. The number of halogens is 1. The minimum absolute atomic E-state index is 0.0135. The quantitative estimate of drug-likeness (QED) is 0.149. The van der Waals surface area contributed by atoms with Crippen LogP contribution in [0.4, 0.5) is 20.6 Å². The number of amides is 1. The molecule has 5 aromatic rings. The lowest BCUT2D eigenvalue weighted by Crippen LogP contribution is -2.38. The van der Waals surface area contributed by atoms with Gasteiger partial charge in [-0.15, -0.1) is 11.3 Å². The zero-order valence-corrected chi connectivity index (χ0v) is 26.2. The van der Waals surface area contributed by atoms with Gasteiger partial charge in [-0.2, -0.15) is 0 Å². The van der Waals surface area contributed by atoms with Gasteiger partial charge in [0.15, 0.2) is 23.1 Å². The molecule has 0 saturated heterocycles. The second kappa shape index (κ2) is 13.4. The van der Waals surface area contributed by atoms with Gasteiger partial charge in [-0.1, -0.05) is 6.07 Å². The maximum Gasteiger partial charge on any atom is 0.410 e. The van der Waals surface area contributed by atoms with E-state index in [0.29, 0.717) is 36.9 Å². The van der Waals surface area contributed by atoms with Crippen LogP contribution in [0.15, 0.2) is 73.1 Å². The van der Waals surface area contributed by atoms with E-state index in [0.717, 1.165) is 26.4 Å². The lowest BCUT2D eigenvalue weighted by molar-refractivity contribution is 0.0183. The van der Waals surface area contributed by atoms with E-state index < -0.39 is 17.5 Å². The van der Waals surface area contributed by atoms with Crippen molar-refractivity contribution in [2.24, 2.45) is 0 Å². The molecule has 0 aliphatic carbocycles. The van der Waals surface area contributed by atoms with E-state index in [1.165, 1.54) is 23.5 Å². The number of benzene rings is 2. The van der Waals surface area contributed by atoms with Crippen LogP contribution in [-0.4, -0.2) is 46.8 Å². The Kier molecular flexibility index (Phi) is 9.35. The van der Waals surface area contributed by atoms with Crippen LogP contribution in [0.25, 0.3) is 20.8 Å². The molecule has 0 unspecified atom stereocenters. The topological polar surface area (TPSA) is 135 Å². The summed E-state index contributed by atoms with van der Waals surface area (Å²) >= 11 is 1.46. The number of nitrogens with two attached hydrogens (primary N) is 2. The SMILES string of the molecule is COCCN(Cc1ccc(-c2cc3nccc(Oc4ccc(N)cc4Oc4ccc(N)cc4F)c3s2)nc1)C(=O)OC(C)(C)C. The predicted octanol–water partition coefficient (Wildman–Crippen LogP) is 7.63. The van der Waals surface area contributed by atoms with Crippen LogP contribution in [0, 0.1) is 5.82 Å². The van der Waals surface area contributed by atoms with Gasteiger partial charge in [0.25, 0.3) is 0 Å². The summed E-state index contributed by atoms with van der Waals surface area (Å²) in [5.74, 6) is 0.493. The number of fused-ring (bicyclic) bond motifs is 1. The molecule has 0 fully saturated rings. The number of nitrogens with zero attached hydrogens (tertiary/aromatic N) is 3. The van der Waals surface area contributed by atoms with E-state index in [-0.39, 0.29) is 17.2 Å². The normalized spacial score (nSPS) is 11.4. The van der Waals surface area contributed by atoms with E-state index in [9.17, 15) is 9.18 Å². The second-order valence-corrected chi connectivity index (χ2v) is 12.2. The molecule has 45 heavy (non-hydrogen) atoms. The molecule has 0 aliphatic heterocycles. The first kappa shape index (κ1) is 31.5. The van der Waals surface area contributed by atoms with Gasteiger partial charge in [-0.3, -0.25) is 9.97 Å². The minimum Gasteiger partial charge on any atom is -0.452 e. The Balaban J connectivity index is 1.37. The highest BCUT2D eigenvalue weighted by Gasteiger charge is 2.22. The Morgan fingerprint density at radius 2 is 1.64 bits per heavy atom. The summed E-state index contributed by atoms with van der Waals surface area (Å²) in [6.45, 7) is 6.58. The second-order valence-electron chi connectivity index (χ2n) is 11.2. The molecule has 0 spiro atoms. The van der Waals surface area contributed by atoms with Crippen LogP contribution in [0.1, 0.15) is 26.3 Å². The fourth-order valence-electron chi connectivity index (χ4n) is 4.29. The molecule has 4 N–H and O–H groups in total. The first-order valence-electron chi connectivity index (χ1n) is 14.1. The van der Waals surface area contributed by atoms with Crippen molar-refractivity contribution >= 4 is 39.0 Å². The summed E-state index contributed by atoms with van der Waals surface area (Å²) in [5, 5.41) is 0. The average Bonchev–Trinajstić information content (AvgIpc) is 3.43. The van der Waals surface area contributed by atoms with Crippen molar-refractivity contribution in [3.05, 3.63) is 84.4 Å².